The fourth-order valence-corrected chi connectivity index (χ4v) is 3.47. The van der Waals surface area contributed by atoms with E-state index >= 15 is 0 Å². The SMILES string of the molecule is Clc1ccnc(N2CCCCC2)n1.Clc1nccc(N2CCCCC2)n1. The average molecular weight is 395 g/mol. The monoisotopic (exact) mass is 394 g/mol. The third-order valence-corrected chi connectivity index (χ3v) is 4.93. The number of piperidine rings is 2. The van der Waals surface area contributed by atoms with E-state index in [1.54, 1.807) is 18.5 Å². The zero-order valence-corrected chi connectivity index (χ0v) is 16.3. The van der Waals surface area contributed by atoms with E-state index < -0.39 is 0 Å². The van der Waals surface area contributed by atoms with E-state index in [9.17, 15) is 0 Å². The Hall–Kier alpha value is -1.66. The molecule has 0 N–H and O–H groups in total. The van der Waals surface area contributed by atoms with Gasteiger partial charge in [0, 0.05) is 38.6 Å². The van der Waals surface area contributed by atoms with Gasteiger partial charge in [0.05, 0.1) is 0 Å². The average Bonchev–Trinajstić information content (AvgIpc) is 2.70. The minimum atomic E-state index is 0.336. The number of rotatable bonds is 2. The number of hydrogen-bond donors (Lipinski definition) is 0. The lowest BCUT2D eigenvalue weighted by atomic mass is 10.1. The molecule has 140 valence electrons. The van der Waals surface area contributed by atoms with Crippen LogP contribution in [0, 0.1) is 0 Å². The summed E-state index contributed by atoms with van der Waals surface area (Å²) in [5, 5.41) is 0.860. The molecule has 0 unspecified atom stereocenters. The van der Waals surface area contributed by atoms with Crippen molar-refractivity contribution >= 4 is 35.0 Å². The molecule has 0 saturated carbocycles. The van der Waals surface area contributed by atoms with Gasteiger partial charge in [-0.15, -0.1) is 0 Å². The lowest BCUT2D eigenvalue weighted by Gasteiger charge is -2.27. The lowest BCUT2D eigenvalue weighted by Crippen LogP contribution is -2.30. The Kier molecular flexibility index (Phi) is 7.26. The summed E-state index contributed by atoms with van der Waals surface area (Å²) in [6.45, 7) is 4.29. The Morgan fingerprint density at radius 2 is 1.31 bits per heavy atom. The molecule has 2 saturated heterocycles. The maximum atomic E-state index is 5.79. The summed E-state index contributed by atoms with van der Waals surface area (Å²) in [6, 6.07) is 3.62. The van der Waals surface area contributed by atoms with Gasteiger partial charge in [-0.3, -0.25) is 0 Å². The van der Waals surface area contributed by atoms with Crippen LogP contribution >= 0.6 is 23.2 Å². The highest BCUT2D eigenvalue weighted by Gasteiger charge is 2.13. The summed E-state index contributed by atoms with van der Waals surface area (Å²) in [7, 11) is 0. The second-order valence-electron chi connectivity index (χ2n) is 6.46. The second kappa shape index (κ2) is 9.88. The normalized spacial score (nSPS) is 17.5. The Labute approximate surface area is 164 Å². The highest BCUT2D eigenvalue weighted by atomic mass is 35.5. The summed E-state index contributed by atoms with van der Waals surface area (Å²) in [5.41, 5.74) is 0. The van der Waals surface area contributed by atoms with Crippen molar-refractivity contribution < 1.29 is 0 Å². The van der Waals surface area contributed by atoms with Crippen molar-refractivity contribution in [2.75, 3.05) is 36.0 Å². The van der Waals surface area contributed by atoms with Gasteiger partial charge in [-0.25, -0.2) is 19.9 Å². The minimum Gasteiger partial charge on any atom is -0.356 e. The van der Waals surface area contributed by atoms with E-state index in [0.29, 0.717) is 10.4 Å². The van der Waals surface area contributed by atoms with Crippen LogP contribution in [-0.2, 0) is 0 Å². The first-order chi connectivity index (χ1) is 12.7. The van der Waals surface area contributed by atoms with Gasteiger partial charge in [-0.05, 0) is 62.3 Å². The molecule has 2 aliphatic heterocycles. The number of halogens is 2. The number of nitrogens with zero attached hydrogens (tertiary/aromatic N) is 6. The largest absolute Gasteiger partial charge is 0.356 e. The number of hydrogen-bond acceptors (Lipinski definition) is 6. The number of aromatic nitrogens is 4. The Morgan fingerprint density at radius 1 is 0.692 bits per heavy atom. The molecule has 0 amide bonds. The molecule has 4 heterocycles. The molecular formula is C18H24Cl2N6. The first kappa shape index (κ1) is 19.1. The van der Waals surface area contributed by atoms with Crippen LogP contribution < -0.4 is 9.80 Å². The molecule has 26 heavy (non-hydrogen) atoms. The molecule has 6 nitrogen and oxygen atoms in total. The first-order valence-corrected chi connectivity index (χ1v) is 9.95. The van der Waals surface area contributed by atoms with E-state index in [2.05, 4.69) is 29.7 Å². The fourth-order valence-electron chi connectivity index (χ4n) is 3.20. The van der Waals surface area contributed by atoms with Crippen LogP contribution in [0.3, 0.4) is 0 Å². The van der Waals surface area contributed by atoms with Gasteiger partial charge < -0.3 is 9.80 Å². The summed E-state index contributed by atoms with van der Waals surface area (Å²) in [4.78, 5) is 20.9. The predicted octanol–water partition coefficient (Wildman–Crippen LogP) is 4.24. The van der Waals surface area contributed by atoms with Crippen LogP contribution in [-0.4, -0.2) is 46.1 Å². The third kappa shape index (κ3) is 5.68. The molecule has 2 aromatic heterocycles. The van der Waals surface area contributed by atoms with Crippen LogP contribution in [0.25, 0.3) is 0 Å². The van der Waals surface area contributed by atoms with Gasteiger partial charge in [0.25, 0.3) is 0 Å². The minimum absolute atomic E-state index is 0.336. The standard InChI is InChI=1S/2C9H12ClN3/c10-9-11-5-4-8(12-9)13-6-2-1-3-7-13;10-8-4-5-11-9(12-8)13-6-2-1-3-7-13/h2*4-5H,1-3,6-7H2. The molecule has 0 aromatic carbocycles. The topological polar surface area (TPSA) is 58.0 Å². The molecule has 0 bridgehead atoms. The Bertz CT molecular complexity index is 627. The smallest absolute Gasteiger partial charge is 0.226 e. The van der Waals surface area contributed by atoms with Crippen LogP contribution in [0.1, 0.15) is 38.5 Å². The molecule has 0 aliphatic carbocycles. The van der Waals surface area contributed by atoms with Crippen molar-refractivity contribution in [2.24, 2.45) is 0 Å². The molecule has 0 atom stereocenters. The fraction of sp³-hybridized carbons (Fsp3) is 0.556. The van der Waals surface area contributed by atoms with E-state index in [4.69, 9.17) is 23.2 Å². The van der Waals surface area contributed by atoms with E-state index in [0.717, 1.165) is 37.9 Å². The molecule has 0 spiro atoms. The van der Waals surface area contributed by atoms with Gasteiger partial charge >= 0.3 is 0 Å². The summed E-state index contributed by atoms with van der Waals surface area (Å²) in [5.74, 6) is 1.73. The third-order valence-electron chi connectivity index (χ3n) is 4.54. The predicted molar refractivity (Wildman–Crippen MR) is 106 cm³/mol. The van der Waals surface area contributed by atoms with Gasteiger partial charge in [-0.1, -0.05) is 11.6 Å². The highest BCUT2D eigenvalue weighted by molar-refractivity contribution is 6.29. The summed E-state index contributed by atoms with van der Waals surface area (Å²) < 4.78 is 0. The van der Waals surface area contributed by atoms with Crippen molar-refractivity contribution in [1.82, 2.24) is 19.9 Å². The molecule has 4 rings (SSSR count). The highest BCUT2D eigenvalue weighted by Crippen LogP contribution is 2.18. The molecule has 8 heteroatoms. The van der Waals surface area contributed by atoms with Gasteiger partial charge in [-0.2, -0.15) is 0 Å². The Balaban J connectivity index is 0.000000151. The molecule has 0 radical (unpaired) electrons. The van der Waals surface area contributed by atoms with E-state index in [1.165, 1.54) is 38.5 Å². The quantitative estimate of drug-likeness (QED) is 0.560. The summed E-state index contributed by atoms with van der Waals surface area (Å²) >= 11 is 11.5. The lowest BCUT2D eigenvalue weighted by molar-refractivity contribution is 0.568. The maximum absolute atomic E-state index is 5.79. The van der Waals surface area contributed by atoms with Crippen LogP contribution in [0.5, 0.6) is 0 Å². The molecule has 2 fully saturated rings. The zero-order valence-electron chi connectivity index (χ0n) is 14.8. The van der Waals surface area contributed by atoms with Crippen molar-refractivity contribution in [1.29, 1.82) is 0 Å². The Morgan fingerprint density at radius 3 is 1.92 bits per heavy atom. The molecule has 2 aliphatic rings. The van der Waals surface area contributed by atoms with Crippen molar-refractivity contribution in [3.63, 3.8) is 0 Å². The zero-order chi connectivity index (χ0) is 18.2. The van der Waals surface area contributed by atoms with E-state index in [-0.39, 0.29) is 0 Å². The van der Waals surface area contributed by atoms with Crippen LogP contribution in [0.2, 0.25) is 10.4 Å². The number of anilines is 2. The van der Waals surface area contributed by atoms with Crippen LogP contribution in [0.15, 0.2) is 24.5 Å². The second-order valence-corrected chi connectivity index (χ2v) is 7.18. The van der Waals surface area contributed by atoms with Crippen molar-refractivity contribution in [3.05, 3.63) is 35.0 Å². The maximum Gasteiger partial charge on any atom is 0.226 e. The van der Waals surface area contributed by atoms with Gasteiger partial charge in [0.1, 0.15) is 11.0 Å². The van der Waals surface area contributed by atoms with Crippen LogP contribution in [0.4, 0.5) is 11.8 Å². The summed E-state index contributed by atoms with van der Waals surface area (Å²) in [6.07, 6.45) is 11.0. The molecule has 2 aromatic rings. The van der Waals surface area contributed by atoms with Crippen molar-refractivity contribution in [3.8, 4) is 0 Å². The van der Waals surface area contributed by atoms with Crippen molar-refractivity contribution in [2.45, 2.75) is 38.5 Å². The van der Waals surface area contributed by atoms with E-state index in [1.807, 2.05) is 6.07 Å². The van der Waals surface area contributed by atoms with Gasteiger partial charge in [0.15, 0.2) is 0 Å². The van der Waals surface area contributed by atoms with Gasteiger partial charge in [0.2, 0.25) is 11.2 Å². The first-order valence-electron chi connectivity index (χ1n) is 9.19. The molecular weight excluding hydrogens is 371 g/mol.